The number of hydrogen-bond donors (Lipinski definition) is 2. The van der Waals surface area contributed by atoms with Crippen molar-refractivity contribution in [2.75, 3.05) is 5.32 Å². The molecule has 0 aliphatic rings. The van der Waals surface area contributed by atoms with E-state index in [1.807, 2.05) is 56.3 Å². The lowest BCUT2D eigenvalue weighted by atomic mass is 10.1. The van der Waals surface area contributed by atoms with Gasteiger partial charge >= 0.3 is 0 Å². The SMILES string of the molecule is Cc1ccc(C(=O)NC(=Cc2ccc(Br)cc2)C(=O)Nc2ccc(C)cn2)cc1. The molecule has 146 valence electrons. The van der Waals surface area contributed by atoms with Gasteiger partial charge in [-0.05, 0) is 61.4 Å². The lowest BCUT2D eigenvalue weighted by Gasteiger charge is -2.11. The van der Waals surface area contributed by atoms with Gasteiger partial charge in [-0.15, -0.1) is 0 Å². The topological polar surface area (TPSA) is 71.1 Å². The lowest BCUT2D eigenvalue weighted by Crippen LogP contribution is -2.31. The van der Waals surface area contributed by atoms with E-state index in [-0.39, 0.29) is 11.6 Å². The van der Waals surface area contributed by atoms with Crippen molar-refractivity contribution in [3.05, 3.63) is 99.3 Å². The molecular weight excluding hydrogens is 430 g/mol. The first-order chi connectivity index (χ1) is 13.9. The third-order valence-electron chi connectivity index (χ3n) is 4.14. The molecule has 0 saturated heterocycles. The predicted octanol–water partition coefficient (Wildman–Crippen LogP) is 4.87. The number of aromatic nitrogens is 1. The van der Waals surface area contributed by atoms with Crippen LogP contribution in [0.3, 0.4) is 0 Å². The van der Waals surface area contributed by atoms with Crippen molar-refractivity contribution in [2.45, 2.75) is 13.8 Å². The normalized spacial score (nSPS) is 11.1. The summed E-state index contributed by atoms with van der Waals surface area (Å²) >= 11 is 3.39. The Morgan fingerprint density at radius 1 is 0.897 bits per heavy atom. The van der Waals surface area contributed by atoms with Gasteiger partial charge in [0, 0.05) is 16.2 Å². The van der Waals surface area contributed by atoms with E-state index in [2.05, 4.69) is 31.5 Å². The number of carbonyl (C=O) groups excluding carboxylic acids is 2. The Morgan fingerprint density at radius 3 is 2.17 bits per heavy atom. The standard InChI is InChI=1S/C23H20BrN3O2/c1-15-3-8-18(9-4-15)22(28)26-20(13-17-6-10-19(24)11-7-17)23(29)27-21-12-5-16(2)14-25-21/h3-14H,1-2H3,(H,26,28)(H,25,27,29). The van der Waals surface area contributed by atoms with Gasteiger partial charge < -0.3 is 10.6 Å². The highest BCUT2D eigenvalue weighted by Crippen LogP contribution is 2.14. The van der Waals surface area contributed by atoms with Crippen LogP contribution < -0.4 is 10.6 Å². The average molecular weight is 450 g/mol. The van der Waals surface area contributed by atoms with Crippen molar-refractivity contribution in [3.63, 3.8) is 0 Å². The molecule has 3 aromatic rings. The third-order valence-corrected chi connectivity index (χ3v) is 4.67. The minimum Gasteiger partial charge on any atom is -0.317 e. The Morgan fingerprint density at radius 2 is 1.55 bits per heavy atom. The van der Waals surface area contributed by atoms with Crippen LogP contribution in [0.15, 0.2) is 77.0 Å². The largest absolute Gasteiger partial charge is 0.317 e. The maximum Gasteiger partial charge on any atom is 0.273 e. The van der Waals surface area contributed by atoms with Gasteiger partial charge in [-0.1, -0.05) is 51.8 Å². The van der Waals surface area contributed by atoms with Crippen molar-refractivity contribution in [1.29, 1.82) is 0 Å². The number of benzene rings is 2. The van der Waals surface area contributed by atoms with Gasteiger partial charge in [-0.2, -0.15) is 0 Å². The molecule has 0 fully saturated rings. The summed E-state index contributed by atoms with van der Waals surface area (Å²) in [7, 11) is 0. The van der Waals surface area contributed by atoms with Crippen LogP contribution in [0.2, 0.25) is 0 Å². The number of rotatable bonds is 5. The van der Waals surface area contributed by atoms with Crippen LogP contribution in [0.25, 0.3) is 6.08 Å². The Kier molecular flexibility index (Phi) is 6.57. The zero-order valence-electron chi connectivity index (χ0n) is 16.1. The van der Waals surface area contributed by atoms with Crippen LogP contribution in [-0.2, 0) is 4.79 Å². The van der Waals surface area contributed by atoms with Crippen molar-refractivity contribution in [2.24, 2.45) is 0 Å². The summed E-state index contributed by atoms with van der Waals surface area (Å²) in [5.74, 6) is -0.406. The highest BCUT2D eigenvalue weighted by atomic mass is 79.9. The number of pyridine rings is 1. The van der Waals surface area contributed by atoms with E-state index >= 15 is 0 Å². The van der Waals surface area contributed by atoms with Crippen LogP contribution in [0.4, 0.5) is 5.82 Å². The first-order valence-electron chi connectivity index (χ1n) is 9.00. The van der Waals surface area contributed by atoms with Crippen molar-refractivity contribution in [1.82, 2.24) is 10.3 Å². The van der Waals surface area contributed by atoms with Gasteiger partial charge in [-0.3, -0.25) is 9.59 Å². The zero-order chi connectivity index (χ0) is 20.8. The fraction of sp³-hybridized carbons (Fsp3) is 0.0870. The smallest absolute Gasteiger partial charge is 0.273 e. The number of halogens is 1. The van der Waals surface area contributed by atoms with E-state index in [0.717, 1.165) is 21.2 Å². The number of aryl methyl sites for hydroxylation is 2. The van der Waals surface area contributed by atoms with Crippen LogP contribution in [0, 0.1) is 13.8 Å². The van der Waals surface area contributed by atoms with E-state index in [4.69, 9.17) is 0 Å². The Bertz CT molecular complexity index is 1040. The summed E-state index contributed by atoms with van der Waals surface area (Å²) in [6.07, 6.45) is 3.29. The molecule has 0 bridgehead atoms. The van der Waals surface area contributed by atoms with Gasteiger partial charge in [0.25, 0.3) is 11.8 Å². The van der Waals surface area contributed by atoms with Crippen molar-refractivity contribution >= 4 is 39.6 Å². The Hall–Kier alpha value is -3.25. The molecule has 1 heterocycles. The molecular formula is C23H20BrN3O2. The van der Waals surface area contributed by atoms with Crippen LogP contribution >= 0.6 is 15.9 Å². The molecule has 3 rings (SSSR count). The molecule has 6 heteroatoms. The number of carbonyl (C=O) groups is 2. The number of hydrogen-bond acceptors (Lipinski definition) is 3. The van der Waals surface area contributed by atoms with Crippen LogP contribution in [0.5, 0.6) is 0 Å². The number of amides is 2. The second kappa shape index (κ2) is 9.30. The molecule has 2 amide bonds. The van der Waals surface area contributed by atoms with Crippen LogP contribution in [-0.4, -0.2) is 16.8 Å². The number of anilines is 1. The molecule has 0 aliphatic heterocycles. The van der Waals surface area contributed by atoms with E-state index in [1.165, 1.54) is 0 Å². The Labute approximate surface area is 178 Å². The molecule has 0 atom stereocenters. The van der Waals surface area contributed by atoms with Crippen LogP contribution in [0.1, 0.15) is 27.0 Å². The summed E-state index contributed by atoms with van der Waals surface area (Å²) in [4.78, 5) is 29.7. The highest BCUT2D eigenvalue weighted by molar-refractivity contribution is 9.10. The first-order valence-corrected chi connectivity index (χ1v) is 9.79. The molecule has 0 radical (unpaired) electrons. The van der Waals surface area contributed by atoms with E-state index in [9.17, 15) is 9.59 Å². The summed E-state index contributed by atoms with van der Waals surface area (Å²) in [5, 5.41) is 5.44. The highest BCUT2D eigenvalue weighted by Gasteiger charge is 2.15. The molecule has 0 saturated carbocycles. The summed E-state index contributed by atoms with van der Waals surface area (Å²) in [6.45, 7) is 3.86. The quantitative estimate of drug-likeness (QED) is 0.545. The van der Waals surface area contributed by atoms with Gasteiger partial charge in [-0.25, -0.2) is 4.98 Å². The summed E-state index contributed by atoms with van der Waals surface area (Å²) in [6, 6.07) is 18.1. The van der Waals surface area contributed by atoms with E-state index < -0.39 is 5.91 Å². The molecule has 2 N–H and O–H groups in total. The maximum absolute atomic E-state index is 12.8. The second-order valence-electron chi connectivity index (χ2n) is 6.60. The molecule has 2 aromatic carbocycles. The molecule has 1 aromatic heterocycles. The maximum atomic E-state index is 12.8. The monoisotopic (exact) mass is 449 g/mol. The molecule has 29 heavy (non-hydrogen) atoms. The van der Waals surface area contributed by atoms with Gasteiger partial charge in [0.1, 0.15) is 11.5 Å². The first kappa shape index (κ1) is 20.5. The number of nitrogens with zero attached hydrogens (tertiary/aromatic N) is 1. The van der Waals surface area contributed by atoms with Crippen molar-refractivity contribution < 1.29 is 9.59 Å². The van der Waals surface area contributed by atoms with Crippen molar-refractivity contribution in [3.8, 4) is 0 Å². The van der Waals surface area contributed by atoms with E-state index in [0.29, 0.717) is 11.4 Å². The predicted molar refractivity (Wildman–Crippen MR) is 118 cm³/mol. The minimum absolute atomic E-state index is 0.125. The molecule has 0 unspecified atom stereocenters. The lowest BCUT2D eigenvalue weighted by molar-refractivity contribution is -0.113. The summed E-state index contributed by atoms with van der Waals surface area (Å²) < 4.78 is 0.924. The van der Waals surface area contributed by atoms with Gasteiger partial charge in [0.05, 0.1) is 0 Å². The zero-order valence-corrected chi connectivity index (χ0v) is 17.7. The Balaban J connectivity index is 1.86. The minimum atomic E-state index is -0.454. The van der Waals surface area contributed by atoms with E-state index in [1.54, 1.807) is 30.5 Å². The average Bonchev–Trinajstić information content (AvgIpc) is 2.71. The molecule has 0 aliphatic carbocycles. The molecule has 0 spiro atoms. The third kappa shape index (κ3) is 5.86. The molecule has 5 nitrogen and oxygen atoms in total. The number of nitrogens with one attached hydrogen (secondary N) is 2. The van der Waals surface area contributed by atoms with Gasteiger partial charge in [0.15, 0.2) is 0 Å². The summed E-state index contributed by atoms with van der Waals surface area (Å²) in [5.41, 5.74) is 3.41. The fourth-order valence-electron chi connectivity index (χ4n) is 2.51. The second-order valence-corrected chi connectivity index (χ2v) is 7.52. The van der Waals surface area contributed by atoms with Gasteiger partial charge in [0.2, 0.25) is 0 Å². The fourth-order valence-corrected chi connectivity index (χ4v) is 2.77.